The number of nitrogens with zero attached hydrogens (tertiary/aromatic N) is 2. The summed E-state index contributed by atoms with van der Waals surface area (Å²) in [7, 11) is -2.21. The average molecular weight is 456 g/mol. The molecule has 10 heteroatoms. The van der Waals surface area contributed by atoms with Gasteiger partial charge in [-0.1, -0.05) is 12.1 Å². The van der Waals surface area contributed by atoms with Crippen LogP contribution in [0.5, 0.6) is 5.75 Å². The zero-order chi connectivity index (χ0) is 22.6. The Labute approximate surface area is 179 Å². The van der Waals surface area contributed by atoms with E-state index in [9.17, 15) is 26.4 Å². The van der Waals surface area contributed by atoms with Crippen LogP contribution in [0.15, 0.2) is 53.4 Å². The first-order valence-corrected chi connectivity index (χ1v) is 11.2. The van der Waals surface area contributed by atoms with Crippen LogP contribution in [0.2, 0.25) is 0 Å². The van der Waals surface area contributed by atoms with Crippen LogP contribution in [-0.4, -0.2) is 50.3 Å². The van der Waals surface area contributed by atoms with Crippen molar-refractivity contribution in [2.24, 2.45) is 5.92 Å². The Morgan fingerprint density at radius 1 is 1.16 bits per heavy atom. The molecule has 0 saturated carbocycles. The van der Waals surface area contributed by atoms with E-state index in [0.29, 0.717) is 19.4 Å². The first-order chi connectivity index (χ1) is 14.7. The summed E-state index contributed by atoms with van der Waals surface area (Å²) in [5.41, 5.74) is 0.726. The Kier molecular flexibility index (Phi) is 7.22. The van der Waals surface area contributed by atoms with Crippen LogP contribution in [-0.2, 0) is 21.4 Å². The minimum Gasteiger partial charge on any atom is -0.435 e. The Balaban J connectivity index is 1.64. The molecule has 0 bridgehead atoms. The average Bonchev–Trinajstić information content (AvgIpc) is 2.74. The molecule has 1 aliphatic rings. The maximum atomic E-state index is 13.1. The van der Waals surface area contributed by atoms with Crippen molar-refractivity contribution in [2.45, 2.75) is 30.9 Å². The van der Waals surface area contributed by atoms with Gasteiger partial charge in [0.05, 0.1) is 10.8 Å². The molecule has 1 saturated heterocycles. The largest absolute Gasteiger partial charge is 0.435 e. The van der Waals surface area contributed by atoms with Crippen molar-refractivity contribution in [2.75, 3.05) is 20.1 Å². The molecule has 1 heterocycles. The first kappa shape index (κ1) is 23.1. The number of carbonyl (C=O) groups excluding carboxylic acids is 1. The van der Waals surface area contributed by atoms with Crippen LogP contribution in [0.3, 0.4) is 0 Å². The van der Waals surface area contributed by atoms with Gasteiger partial charge in [-0.15, -0.1) is 0 Å². The van der Waals surface area contributed by atoms with Crippen LogP contribution in [0.25, 0.3) is 0 Å². The van der Waals surface area contributed by atoms with E-state index in [0.717, 1.165) is 17.7 Å². The SMILES string of the molecule is CN(Cc1ccc(OC(F)F)cc1)C(=O)C1CCCN(S(=O)(=O)c2ccc(F)cc2)C1. The molecule has 2 aromatic rings. The fraction of sp³-hybridized carbons (Fsp3) is 0.381. The number of carbonyl (C=O) groups is 1. The Bertz CT molecular complexity index is 998. The highest BCUT2D eigenvalue weighted by molar-refractivity contribution is 7.89. The van der Waals surface area contributed by atoms with Gasteiger partial charge in [-0.25, -0.2) is 12.8 Å². The van der Waals surface area contributed by atoms with Gasteiger partial charge in [0.2, 0.25) is 15.9 Å². The molecule has 168 valence electrons. The van der Waals surface area contributed by atoms with Gasteiger partial charge in [-0.3, -0.25) is 4.79 Å². The van der Waals surface area contributed by atoms with Crippen molar-refractivity contribution >= 4 is 15.9 Å². The molecule has 1 amide bonds. The number of sulfonamides is 1. The van der Waals surface area contributed by atoms with Gasteiger partial charge in [0.15, 0.2) is 0 Å². The summed E-state index contributed by atoms with van der Waals surface area (Å²) in [5, 5.41) is 0. The lowest BCUT2D eigenvalue weighted by atomic mass is 9.98. The summed E-state index contributed by atoms with van der Waals surface area (Å²) < 4.78 is 68.9. The van der Waals surface area contributed by atoms with Crippen molar-refractivity contribution < 1.29 is 31.1 Å². The highest BCUT2D eigenvalue weighted by Crippen LogP contribution is 2.25. The number of halogens is 3. The minimum atomic E-state index is -3.82. The second-order valence-corrected chi connectivity index (χ2v) is 9.31. The van der Waals surface area contributed by atoms with Gasteiger partial charge in [-0.05, 0) is 54.8 Å². The Morgan fingerprint density at radius 2 is 1.81 bits per heavy atom. The van der Waals surface area contributed by atoms with Crippen molar-refractivity contribution in [3.63, 3.8) is 0 Å². The zero-order valence-corrected chi connectivity index (χ0v) is 17.7. The molecule has 1 aliphatic heterocycles. The number of hydrogen-bond acceptors (Lipinski definition) is 4. The number of hydrogen-bond donors (Lipinski definition) is 0. The van der Waals surface area contributed by atoms with Crippen molar-refractivity contribution in [1.82, 2.24) is 9.21 Å². The predicted octanol–water partition coefficient (Wildman–Crippen LogP) is 3.49. The van der Waals surface area contributed by atoms with E-state index < -0.39 is 28.4 Å². The maximum Gasteiger partial charge on any atom is 0.387 e. The lowest BCUT2D eigenvalue weighted by Gasteiger charge is -2.33. The van der Waals surface area contributed by atoms with E-state index in [1.807, 2.05) is 0 Å². The number of alkyl halides is 2. The molecule has 1 atom stereocenters. The third kappa shape index (κ3) is 5.76. The molecule has 31 heavy (non-hydrogen) atoms. The summed E-state index contributed by atoms with van der Waals surface area (Å²) in [4.78, 5) is 14.4. The normalized spacial score (nSPS) is 17.5. The standard InChI is InChI=1S/C21H23F3N2O4S/c1-25(13-15-4-8-18(9-5-15)30-21(23)24)20(27)16-3-2-12-26(14-16)31(28,29)19-10-6-17(22)7-11-19/h4-11,16,21H,2-3,12-14H2,1H3. The summed E-state index contributed by atoms with van der Waals surface area (Å²) in [5.74, 6) is -1.20. The second kappa shape index (κ2) is 9.69. The fourth-order valence-electron chi connectivity index (χ4n) is 3.56. The zero-order valence-electron chi connectivity index (χ0n) is 16.9. The molecule has 0 aliphatic carbocycles. The minimum absolute atomic E-state index is 0.0125. The number of benzene rings is 2. The van der Waals surface area contributed by atoms with Crippen molar-refractivity contribution in [3.05, 3.63) is 59.9 Å². The van der Waals surface area contributed by atoms with Crippen LogP contribution < -0.4 is 4.74 Å². The quantitative estimate of drug-likeness (QED) is 0.640. The number of piperidine rings is 1. The molecule has 2 aromatic carbocycles. The maximum absolute atomic E-state index is 13.1. The molecule has 0 spiro atoms. The number of rotatable bonds is 7. The van der Waals surface area contributed by atoms with Gasteiger partial charge in [-0.2, -0.15) is 13.1 Å². The third-order valence-corrected chi connectivity index (χ3v) is 7.01. The monoisotopic (exact) mass is 456 g/mol. The lowest BCUT2D eigenvalue weighted by Crippen LogP contribution is -2.45. The fourth-order valence-corrected chi connectivity index (χ4v) is 5.08. The summed E-state index contributed by atoms with van der Waals surface area (Å²) in [6, 6.07) is 10.6. The third-order valence-electron chi connectivity index (χ3n) is 5.13. The van der Waals surface area contributed by atoms with Crippen LogP contribution in [0.1, 0.15) is 18.4 Å². The van der Waals surface area contributed by atoms with E-state index in [2.05, 4.69) is 4.74 Å². The van der Waals surface area contributed by atoms with Crippen LogP contribution >= 0.6 is 0 Å². The molecule has 1 unspecified atom stereocenters. The highest BCUT2D eigenvalue weighted by Gasteiger charge is 2.34. The molecule has 1 fully saturated rings. The summed E-state index contributed by atoms with van der Waals surface area (Å²) in [6.07, 6.45) is 1.09. The molecule has 6 nitrogen and oxygen atoms in total. The molecular formula is C21H23F3N2O4S. The van der Waals surface area contributed by atoms with Crippen molar-refractivity contribution in [3.8, 4) is 5.75 Å². The van der Waals surface area contributed by atoms with Crippen LogP contribution in [0.4, 0.5) is 13.2 Å². The number of amides is 1. The summed E-state index contributed by atoms with van der Waals surface area (Å²) in [6.45, 7) is -2.33. The smallest absolute Gasteiger partial charge is 0.387 e. The van der Waals surface area contributed by atoms with E-state index in [-0.39, 0.29) is 29.6 Å². The molecular weight excluding hydrogens is 433 g/mol. The summed E-state index contributed by atoms with van der Waals surface area (Å²) >= 11 is 0. The second-order valence-electron chi connectivity index (χ2n) is 7.37. The predicted molar refractivity (Wildman–Crippen MR) is 107 cm³/mol. The van der Waals surface area contributed by atoms with Gasteiger partial charge in [0, 0.05) is 26.7 Å². The van der Waals surface area contributed by atoms with Crippen LogP contribution in [0, 0.1) is 11.7 Å². The van der Waals surface area contributed by atoms with E-state index in [1.165, 1.54) is 33.5 Å². The number of ether oxygens (including phenoxy) is 1. The molecule has 0 radical (unpaired) electrons. The first-order valence-electron chi connectivity index (χ1n) is 9.71. The van der Waals surface area contributed by atoms with Gasteiger partial charge < -0.3 is 9.64 Å². The highest BCUT2D eigenvalue weighted by atomic mass is 32.2. The molecule has 3 rings (SSSR count). The van der Waals surface area contributed by atoms with E-state index in [1.54, 1.807) is 19.2 Å². The Morgan fingerprint density at radius 3 is 2.42 bits per heavy atom. The lowest BCUT2D eigenvalue weighted by molar-refractivity contribution is -0.135. The molecule has 0 N–H and O–H groups in total. The van der Waals surface area contributed by atoms with E-state index in [4.69, 9.17) is 0 Å². The topological polar surface area (TPSA) is 66.9 Å². The van der Waals surface area contributed by atoms with Gasteiger partial charge in [0.1, 0.15) is 11.6 Å². The van der Waals surface area contributed by atoms with E-state index >= 15 is 0 Å². The Hall–Kier alpha value is -2.59. The van der Waals surface area contributed by atoms with Gasteiger partial charge in [0.25, 0.3) is 0 Å². The molecule has 0 aromatic heterocycles. The van der Waals surface area contributed by atoms with Gasteiger partial charge >= 0.3 is 6.61 Å². The van der Waals surface area contributed by atoms with Crippen molar-refractivity contribution in [1.29, 1.82) is 0 Å².